The molecule has 0 fully saturated rings. The van der Waals surface area contributed by atoms with E-state index >= 15 is 0 Å². The molecule has 94 valence electrons. The van der Waals surface area contributed by atoms with Crippen LogP contribution < -0.4 is 5.32 Å². The summed E-state index contributed by atoms with van der Waals surface area (Å²) in [5.41, 5.74) is 2.79. The van der Waals surface area contributed by atoms with Crippen molar-refractivity contribution in [3.05, 3.63) is 64.2 Å². The number of hydrogen-bond acceptors (Lipinski definition) is 2. The highest BCUT2D eigenvalue weighted by atomic mass is 35.5. The summed E-state index contributed by atoms with van der Waals surface area (Å²) >= 11 is 6.08. The summed E-state index contributed by atoms with van der Waals surface area (Å²) in [5, 5.41) is 3.58. The van der Waals surface area contributed by atoms with E-state index in [-0.39, 0.29) is 11.9 Å². The minimum atomic E-state index is -0.333. The van der Waals surface area contributed by atoms with Gasteiger partial charge in [0.1, 0.15) is 5.82 Å². The predicted molar refractivity (Wildman–Crippen MR) is 71.3 cm³/mol. The monoisotopic (exact) mass is 264 g/mol. The van der Waals surface area contributed by atoms with Gasteiger partial charge in [-0.1, -0.05) is 23.7 Å². The van der Waals surface area contributed by atoms with Gasteiger partial charge in [0.15, 0.2) is 0 Å². The highest BCUT2D eigenvalue weighted by Gasteiger charge is 2.15. The summed E-state index contributed by atoms with van der Waals surface area (Å²) in [6.45, 7) is 1.93. The molecule has 0 aliphatic carbocycles. The maximum Gasteiger partial charge on any atom is 0.124 e. The Morgan fingerprint density at radius 1 is 1.28 bits per heavy atom. The van der Waals surface area contributed by atoms with E-state index in [2.05, 4.69) is 10.3 Å². The third-order valence-electron chi connectivity index (χ3n) is 2.83. The molecule has 18 heavy (non-hydrogen) atoms. The Labute approximate surface area is 111 Å². The molecule has 0 amide bonds. The van der Waals surface area contributed by atoms with Crippen molar-refractivity contribution < 1.29 is 4.39 Å². The second-order valence-corrected chi connectivity index (χ2v) is 4.53. The molecule has 0 radical (unpaired) electrons. The Morgan fingerprint density at radius 3 is 2.61 bits per heavy atom. The van der Waals surface area contributed by atoms with Crippen LogP contribution in [0.2, 0.25) is 5.02 Å². The Kier molecular flexibility index (Phi) is 3.94. The molecule has 2 nitrogen and oxygen atoms in total. The SMILES string of the molecule is CNC(c1ccc(C)nc1)c1ccc(F)cc1Cl. The van der Waals surface area contributed by atoms with Crippen LogP contribution >= 0.6 is 11.6 Å². The van der Waals surface area contributed by atoms with Crippen LogP contribution in [-0.4, -0.2) is 12.0 Å². The first-order valence-electron chi connectivity index (χ1n) is 5.66. The Bertz CT molecular complexity index is 540. The molecule has 0 bridgehead atoms. The van der Waals surface area contributed by atoms with Crippen LogP contribution in [0.25, 0.3) is 0 Å². The van der Waals surface area contributed by atoms with Crippen molar-refractivity contribution >= 4 is 11.6 Å². The molecule has 1 N–H and O–H groups in total. The van der Waals surface area contributed by atoms with Crippen LogP contribution in [0.1, 0.15) is 22.9 Å². The average Bonchev–Trinajstić information content (AvgIpc) is 2.35. The normalized spacial score (nSPS) is 12.4. The van der Waals surface area contributed by atoms with Crippen molar-refractivity contribution in [3.8, 4) is 0 Å². The Balaban J connectivity index is 2.41. The van der Waals surface area contributed by atoms with E-state index in [0.717, 1.165) is 16.8 Å². The lowest BCUT2D eigenvalue weighted by Gasteiger charge is -2.18. The van der Waals surface area contributed by atoms with Crippen LogP contribution in [0.3, 0.4) is 0 Å². The molecule has 0 saturated heterocycles. The fraction of sp³-hybridized carbons (Fsp3) is 0.214. The molecule has 2 rings (SSSR count). The minimum absolute atomic E-state index is 0.0915. The molecule has 0 aliphatic rings. The number of aromatic nitrogens is 1. The molecule has 2 aromatic rings. The van der Waals surface area contributed by atoms with Crippen LogP contribution in [0, 0.1) is 12.7 Å². The summed E-state index contributed by atoms with van der Waals surface area (Å²) in [6.07, 6.45) is 1.80. The second-order valence-electron chi connectivity index (χ2n) is 4.12. The van der Waals surface area contributed by atoms with Crippen LogP contribution in [0.15, 0.2) is 36.5 Å². The zero-order valence-electron chi connectivity index (χ0n) is 10.2. The van der Waals surface area contributed by atoms with Gasteiger partial charge in [-0.15, -0.1) is 0 Å². The van der Waals surface area contributed by atoms with E-state index in [1.807, 2.05) is 26.1 Å². The quantitative estimate of drug-likeness (QED) is 0.918. The standard InChI is InChI=1S/C14H14ClFN2/c1-9-3-4-10(8-18-9)14(17-2)12-6-5-11(16)7-13(12)15/h3-8,14,17H,1-2H3. The van der Waals surface area contributed by atoms with Crippen LogP contribution in [0.4, 0.5) is 4.39 Å². The van der Waals surface area contributed by atoms with E-state index in [1.165, 1.54) is 12.1 Å². The lowest BCUT2D eigenvalue weighted by Crippen LogP contribution is -2.18. The van der Waals surface area contributed by atoms with Gasteiger partial charge in [0.2, 0.25) is 0 Å². The largest absolute Gasteiger partial charge is 0.309 e. The minimum Gasteiger partial charge on any atom is -0.309 e. The van der Waals surface area contributed by atoms with Crippen LogP contribution in [0.5, 0.6) is 0 Å². The van der Waals surface area contributed by atoms with Crippen molar-refractivity contribution in [1.29, 1.82) is 0 Å². The lowest BCUT2D eigenvalue weighted by atomic mass is 10.00. The van der Waals surface area contributed by atoms with E-state index in [0.29, 0.717) is 5.02 Å². The summed E-state index contributed by atoms with van der Waals surface area (Å²) in [5.74, 6) is -0.333. The number of aryl methyl sites for hydroxylation is 1. The molecule has 0 spiro atoms. The first-order chi connectivity index (χ1) is 8.61. The molecule has 0 aliphatic heterocycles. The number of halogens is 2. The zero-order chi connectivity index (χ0) is 13.1. The topological polar surface area (TPSA) is 24.9 Å². The molecule has 4 heteroatoms. The maximum absolute atomic E-state index is 13.1. The molecule has 1 aromatic heterocycles. The molecular weight excluding hydrogens is 251 g/mol. The smallest absolute Gasteiger partial charge is 0.124 e. The molecule has 1 atom stereocenters. The zero-order valence-corrected chi connectivity index (χ0v) is 11.0. The molecular formula is C14H14ClFN2. The number of hydrogen-bond donors (Lipinski definition) is 1. The molecule has 0 saturated carbocycles. The van der Waals surface area contributed by atoms with Gasteiger partial charge in [0.05, 0.1) is 6.04 Å². The third-order valence-corrected chi connectivity index (χ3v) is 3.16. The summed E-state index contributed by atoms with van der Waals surface area (Å²) in [6, 6.07) is 8.26. The summed E-state index contributed by atoms with van der Waals surface area (Å²) in [7, 11) is 1.84. The molecule has 1 heterocycles. The first-order valence-corrected chi connectivity index (χ1v) is 6.04. The van der Waals surface area contributed by atoms with Crippen molar-refractivity contribution in [3.63, 3.8) is 0 Å². The third kappa shape index (κ3) is 2.68. The van der Waals surface area contributed by atoms with E-state index in [1.54, 1.807) is 12.3 Å². The Morgan fingerprint density at radius 2 is 2.06 bits per heavy atom. The lowest BCUT2D eigenvalue weighted by molar-refractivity contribution is 0.623. The maximum atomic E-state index is 13.1. The number of nitrogens with one attached hydrogen (secondary N) is 1. The van der Waals surface area contributed by atoms with Crippen LogP contribution in [-0.2, 0) is 0 Å². The molecule has 1 aromatic carbocycles. The highest BCUT2D eigenvalue weighted by molar-refractivity contribution is 6.31. The van der Waals surface area contributed by atoms with E-state index in [4.69, 9.17) is 11.6 Å². The predicted octanol–water partition coefficient (Wildman–Crippen LogP) is 3.49. The van der Waals surface area contributed by atoms with E-state index in [9.17, 15) is 4.39 Å². The van der Waals surface area contributed by atoms with Gasteiger partial charge in [-0.05, 0) is 43.3 Å². The summed E-state index contributed by atoms with van der Waals surface area (Å²) in [4.78, 5) is 4.26. The average molecular weight is 265 g/mol. The Hall–Kier alpha value is -1.45. The van der Waals surface area contributed by atoms with Crippen molar-refractivity contribution in [2.24, 2.45) is 0 Å². The fourth-order valence-electron chi connectivity index (χ4n) is 1.89. The second kappa shape index (κ2) is 5.46. The van der Waals surface area contributed by atoms with Gasteiger partial charge >= 0.3 is 0 Å². The van der Waals surface area contributed by atoms with Gasteiger partial charge < -0.3 is 5.32 Å². The van der Waals surface area contributed by atoms with Gasteiger partial charge in [-0.2, -0.15) is 0 Å². The number of nitrogens with zero attached hydrogens (tertiary/aromatic N) is 1. The summed E-state index contributed by atoms with van der Waals surface area (Å²) < 4.78 is 13.1. The first kappa shape index (κ1) is 13.0. The van der Waals surface area contributed by atoms with Crippen molar-refractivity contribution in [2.45, 2.75) is 13.0 Å². The number of benzene rings is 1. The van der Waals surface area contributed by atoms with Gasteiger partial charge in [0, 0.05) is 16.9 Å². The van der Waals surface area contributed by atoms with Gasteiger partial charge in [-0.25, -0.2) is 4.39 Å². The van der Waals surface area contributed by atoms with Gasteiger partial charge in [-0.3, -0.25) is 4.98 Å². The number of pyridine rings is 1. The number of rotatable bonds is 3. The van der Waals surface area contributed by atoms with Crippen molar-refractivity contribution in [2.75, 3.05) is 7.05 Å². The van der Waals surface area contributed by atoms with Crippen molar-refractivity contribution in [1.82, 2.24) is 10.3 Å². The van der Waals surface area contributed by atoms with E-state index < -0.39 is 0 Å². The van der Waals surface area contributed by atoms with Gasteiger partial charge in [0.25, 0.3) is 0 Å². The highest BCUT2D eigenvalue weighted by Crippen LogP contribution is 2.28. The molecule has 1 unspecified atom stereocenters. The fourth-order valence-corrected chi connectivity index (χ4v) is 2.16.